The molecule has 0 saturated carbocycles. The lowest BCUT2D eigenvalue weighted by molar-refractivity contribution is -0.139. The van der Waals surface area contributed by atoms with Crippen molar-refractivity contribution in [1.82, 2.24) is 9.80 Å². The topological polar surface area (TPSA) is 57.7 Å². The highest BCUT2D eigenvalue weighted by molar-refractivity contribution is 7.09. The number of carbonyl (C=O) groups is 3. The Kier molecular flexibility index (Phi) is 4.76. The first-order chi connectivity index (χ1) is 11.5. The molecule has 6 heteroatoms. The summed E-state index contributed by atoms with van der Waals surface area (Å²) >= 11 is 1.62. The summed E-state index contributed by atoms with van der Waals surface area (Å²) in [7, 11) is 1.78. The van der Waals surface area contributed by atoms with E-state index in [9.17, 15) is 14.4 Å². The van der Waals surface area contributed by atoms with E-state index in [0.29, 0.717) is 24.9 Å². The van der Waals surface area contributed by atoms with Gasteiger partial charge in [0.2, 0.25) is 11.8 Å². The molecular weight excluding hydrogens is 324 g/mol. The van der Waals surface area contributed by atoms with Crippen LogP contribution in [0.15, 0.2) is 41.8 Å². The molecule has 2 heterocycles. The molecule has 0 spiro atoms. The summed E-state index contributed by atoms with van der Waals surface area (Å²) in [6.07, 6.45) is 0.589. The molecule has 24 heavy (non-hydrogen) atoms. The fourth-order valence-corrected chi connectivity index (χ4v) is 3.42. The molecule has 124 valence electrons. The average molecular weight is 342 g/mol. The van der Waals surface area contributed by atoms with Crippen molar-refractivity contribution in [3.8, 4) is 0 Å². The van der Waals surface area contributed by atoms with Crippen LogP contribution in [0.5, 0.6) is 0 Å². The highest BCUT2D eigenvalue weighted by atomic mass is 32.1. The summed E-state index contributed by atoms with van der Waals surface area (Å²) in [6, 6.07) is 11.0. The summed E-state index contributed by atoms with van der Waals surface area (Å²) in [5.74, 6) is -0.310. The van der Waals surface area contributed by atoms with Crippen molar-refractivity contribution in [3.05, 3.63) is 57.8 Å². The van der Waals surface area contributed by atoms with E-state index in [1.165, 1.54) is 4.90 Å². The van der Waals surface area contributed by atoms with Gasteiger partial charge in [-0.3, -0.25) is 19.3 Å². The van der Waals surface area contributed by atoms with Gasteiger partial charge in [0.1, 0.15) is 0 Å². The Bertz CT molecular complexity index is 737. The molecule has 1 aromatic heterocycles. The maximum Gasteiger partial charge on any atom is 0.253 e. The number of hydrogen-bond acceptors (Lipinski definition) is 4. The van der Waals surface area contributed by atoms with E-state index in [0.717, 1.165) is 10.4 Å². The molecule has 0 bridgehead atoms. The lowest BCUT2D eigenvalue weighted by Gasteiger charge is -2.17. The maximum absolute atomic E-state index is 12.4. The first-order valence-corrected chi connectivity index (χ1v) is 8.62. The highest BCUT2D eigenvalue weighted by Gasteiger charge is 2.28. The lowest BCUT2D eigenvalue weighted by Crippen LogP contribution is -2.28. The van der Waals surface area contributed by atoms with E-state index >= 15 is 0 Å². The van der Waals surface area contributed by atoms with Crippen molar-refractivity contribution in [2.75, 3.05) is 7.05 Å². The first-order valence-electron chi connectivity index (χ1n) is 7.74. The highest BCUT2D eigenvalue weighted by Crippen LogP contribution is 2.17. The maximum atomic E-state index is 12.4. The van der Waals surface area contributed by atoms with Crippen molar-refractivity contribution in [2.24, 2.45) is 0 Å². The van der Waals surface area contributed by atoms with Gasteiger partial charge in [0.15, 0.2) is 0 Å². The zero-order valence-corrected chi connectivity index (χ0v) is 14.2. The van der Waals surface area contributed by atoms with Gasteiger partial charge >= 0.3 is 0 Å². The zero-order valence-electron chi connectivity index (χ0n) is 13.4. The summed E-state index contributed by atoms with van der Waals surface area (Å²) < 4.78 is 0. The van der Waals surface area contributed by atoms with E-state index in [1.54, 1.807) is 47.5 Å². The quantitative estimate of drug-likeness (QED) is 0.785. The number of imide groups is 1. The van der Waals surface area contributed by atoms with Gasteiger partial charge in [0.25, 0.3) is 5.91 Å². The average Bonchev–Trinajstić information content (AvgIpc) is 3.20. The summed E-state index contributed by atoms with van der Waals surface area (Å²) in [4.78, 5) is 39.8. The third-order valence-corrected chi connectivity index (χ3v) is 4.88. The number of hydrogen-bond donors (Lipinski definition) is 0. The molecule has 5 nitrogen and oxygen atoms in total. The molecular formula is C18H18N2O3S. The SMILES string of the molecule is CN(Cc1cccs1)C(=O)c1ccc(CN2C(=O)CCC2=O)cc1. The summed E-state index contributed by atoms with van der Waals surface area (Å²) in [5.41, 5.74) is 1.44. The second-order valence-corrected chi connectivity index (χ2v) is 6.84. The molecule has 1 saturated heterocycles. The van der Waals surface area contributed by atoms with E-state index in [2.05, 4.69) is 0 Å². The Morgan fingerprint density at radius 1 is 1.12 bits per heavy atom. The Morgan fingerprint density at radius 2 is 1.79 bits per heavy atom. The number of rotatable bonds is 5. The van der Waals surface area contributed by atoms with Gasteiger partial charge in [-0.05, 0) is 29.1 Å². The summed E-state index contributed by atoms with van der Waals surface area (Å²) in [5, 5.41) is 1.99. The molecule has 0 N–H and O–H groups in total. The Balaban J connectivity index is 1.64. The molecule has 3 rings (SSSR count). The molecule has 1 aromatic carbocycles. The van der Waals surface area contributed by atoms with Crippen molar-refractivity contribution >= 4 is 29.1 Å². The fourth-order valence-electron chi connectivity index (χ4n) is 2.66. The van der Waals surface area contributed by atoms with Crippen LogP contribution in [0, 0.1) is 0 Å². The monoisotopic (exact) mass is 342 g/mol. The molecule has 0 radical (unpaired) electrons. The second-order valence-electron chi connectivity index (χ2n) is 5.81. The first kappa shape index (κ1) is 16.4. The zero-order chi connectivity index (χ0) is 17.1. The predicted molar refractivity (Wildman–Crippen MR) is 91.3 cm³/mol. The molecule has 1 aliphatic rings. The molecule has 0 unspecified atom stereocenters. The van der Waals surface area contributed by atoms with Gasteiger partial charge < -0.3 is 4.90 Å². The standard InChI is InChI=1S/C18H18N2O3S/c1-19(12-15-3-2-10-24-15)18(23)14-6-4-13(5-7-14)11-20-16(21)8-9-17(20)22/h2-7,10H,8-9,11-12H2,1H3. The van der Waals surface area contributed by atoms with Gasteiger partial charge in [0.05, 0.1) is 13.1 Å². The number of nitrogens with zero attached hydrogens (tertiary/aromatic N) is 2. The van der Waals surface area contributed by atoms with E-state index in [-0.39, 0.29) is 24.3 Å². The van der Waals surface area contributed by atoms with Crippen LogP contribution in [-0.2, 0) is 22.7 Å². The molecule has 2 aromatic rings. The lowest BCUT2D eigenvalue weighted by atomic mass is 10.1. The van der Waals surface area contributed by atoms with Crippen molar-refractivity contribution in [3.63, 3.8) is 0 Å². The Hall–Kier alpha value is -2.47. The molecule has 0 aliphatic carbocycles. The van der Waals surface area contributed by atoms with Crippen LogP contribution >= 0.6 is 11.3 Å². The van der Waals surface area contributed by atoms with E-state index in [4.69, 9.17) is 0 Å². The van der Waals surface area contributed by atoms with E-state index < -0.39 is 0 Å². The van der Waals surface area contributed by atoms with Crippen LogP contribution in [0.2, 0.25) is 0 Å². The molecule has 0 atom stereocenters. The number of carbonyl (C=O) groups excluding carboxylic acids is 3. The fraction of sp³-hybridized carbons (Fsp3) is 0.278. The van der Waals surface area contributed by atoms with Gasteiger partial charge in [-0.1, -0.05) is 18.2 Å². The summed E-state index contributed by atoms with van der Waals surface area (Å²) in [6.45, 7) is 0.853. The van der Waals surface area contributed by atoms with E-state index in [1.807, 2.05) is 17.5 Å². The normalized spacial score (nSPS) is 14.3. The minimum absolute atomic E-state index is 0.0525. The third kappa shape index (κ3) is 3.54. The van der Waals surface area contributed by atoms with Crippen LogP contribution in [0.4, 0.5) is 0 Å². The van der Waals surface area contributed by atoms with Crippen LogP contribution in [0.25, 0.3) is 0 Å². The van der Waals surface area contributed by atoms with Crippen LogP contribution in [0.1, 0.15) is 33.6 Å². The minimum Gasteiger partial charge on any atom is -0.337 e. The van der Waals surface area contributed by atoms with Crippen molar-refractivity contribution < 1.29 is 14.4 Å². The van der Waals surface area contributed by atoms with Crippen LogP contribution < -0.4 is 0 Å². The number of likely N-dealkylation sites (tertiary alicyclic amines) is 1. The van der Waals surface area contributed by atoms with Crippen molar-refractivity contribution in [2.45, 2.75) is 25.9 Å². The number of benzene rings is 1. The Labute approximate surface area is 144 Å². The molecule has 1 aliphatic heterocycles. The van der Waals surface area contributed by atoms with Crippen molar-refractivity contribution in [1.29, 1.82) is 0 Å². The Morgan fingerprint density at radius 3 is 2.38 bits per heavy atom. The van der Waals surface area contributed by atoms with Crippen LogP contribution in [-0.4, -0.2) is 34.6 Å². The number of amides is 3. The minimum atomic E-state index is -0.129. The van der Waals surface area contributed by atoms with Gasteiger partial charge in [0, 0.05) is 30.3 Å². The van der Waals surface area contributed by atoms with Gasteiger partial charge in [-0.2, -0.15) is 0 Å². The smallest absolute Gasteiger partial charge is 0.253 e. The largest absolute Gasteiger partial charge is 0.337 e. The molecule has 1 fully saturated rings. The van der Waals surface area contributed by atoms with Gasteiger partial charge in [-0.15, -0.1) is 11.3 Å². The third-order valence-electron chi connectivity index (χ3n) is 4.02. The van der Waals surface area contributed by atoms with Gasteiger partial charge in [-0.25, -0.2) is 0 Å². The second kappa shape index (κ2) is 6.97. The van der Waals surface area contributed by atoms with Crippen LogP contribution in [0.3, 0.4) is 0 Å². The molecule has 3 amide bonds. The predicted octanol–water partition coefficient (Wildman–Crippen LogP) is 2.67. The number of thiophene rings is 1.